The maximum atomic E-state index is 11.9. The zero-order chi connectivity index (χ0) is 19.9. The van der Waals surface area contributed by atoms with E-state index in [2.05, 4.69) is 12.1 Å². The number of carbonyl (C=O) groups excluding carboxylic acids is 1. The standard InChI is InChI=1S/C23H16N2O3/c1-2-27-23(26)19-8-4-7-18(12-19)22-10-9-21(28-22)13-20(15-25)17-6-3-5-16(11-17)14-24/h3-13H,2H2,1H3/b20-13-. The number of hydrogen-bond acceptors (Lipinski definition) is 5. The van der Waals surface area contributed by atoms with Gasteiger partial charge in [-0.2, -0.15) is 10.5 Å². The van der Waals surface area contributed by atoms with E-state index in [9.17, 15) is 10.1 Å². The van der Waals surface area contributed by atoms with Crippen LogP contribution in [-0.2, 0) is 4.74 Å². The van der Waals surface area contributed by atoms with Gasteiger partial charge in [-0.25, -0.2) is 4.79 Å². The normalized spacial score (nSPS) is 10.8. The Morgan fingerprint density at radius 3 is 2.61 bits per heavy atom. The molecule has 0 amide bonds. The van der Waals surface area contributed by atoms with Crippen LogP contribution in [0.4, 0.5) is 0 Å². The first-order valence-electron chi connectivity index (χ1n) is 8.64. The maximum Gasteiger partial charge on any atom is 0.338 e. The first-order valence-corrected chi connectivity index (χ1v) is 8.64. The average Bonchev–Trinajstić information content (AvgIpc) is 3.21. The molecule has 2 aromatic carbocycles. The number of esters is 1. The van der Waals surface area contributed by atoms with Crippen LogP contribution in [-0.4, -0.2) is 12.6 Å². The number of benzene rings is 2. The van der Waals surface area contributed by atoms with Crippen molar-refractivity contribution in [3.8, 4) is 23.5 Å². The molecule has 28 heavy (non-hydrogen) atoms. The van der Waals surface area contributed by atoms with E-state index in [1.165, 1.54) is 0 Å². The van der Waals surface area contributed by atoms with Crippen molar-refractivity contribution in [1.29, 1.82) is 10.5 Å². The Morgan fingerprint density at radius 2 is 1.86 bits per heavy atom. The molecule has 136 valence electrons. The van der Waals surface area contributed by atoms with Crippen molar-refractivity contribution in [3.05, 3.63) is 83.1 Å². The van der Waals surface area contributed by atoms with Gasteiger partial charge < -0.3 is 9.15 Å². The number of ether oxygens (including phenoxy) is 1. The lowest BCUT2D eigenvalue weighted by molar-refractivity contribution is 0.0526. The highest BCUT2D eigenvalue weighted by atomic mass is 16.5. The van der Waals surface area contributed by atoms with Crippen LogP contribution in [0.25, 0.3) is 23.0 Å². The van der Waals surface area contributed by atoms with Crippen molar-refractivity contribution in [3.63, 3.8) is 0 Å². The molecule has 0 fully saturated rings. The number of nitriles is 2. The highest BCUT2D eigenvalue weighted by Gasteiger charge is 2.11. The summed E-state index contributed by atoms with van der Waals surface area (Å²) >= 11 is 0. The number of allylic oxidation sites excluding steroid dienone is 1. The van der Waals surface area contributed by atoms with E-state index < -0.39 is 0 Å². The summed E-state index contributed by atoms with van der Waals surface area (Å²) in [7, 11) is 0. The summed E-state index contributed by atoms with van der Waals surface area (Å²) in [6.45, 7) is 2.06. The molecule has 0 aliphatic heterocycles. The lowest BCUT2D eigenvalue weighted by Crippen LogP contribution is -2.04. The molecule has 3 aromatic rings. The van der Waals surface area contributed by atoms with Crippen molar-refractivity contribution in [2.45, 2.75) is 6.92 Å². The molecule has 0 bridgehead atoms. The summed E-state index contributed by atoms with van der Waals surface area (Å²) < 4.78 is 10.9. The smallest absolute Gasteiger partial charge is 0.338 e. The summed E-state index contributed by atoms with van der Waals surface area (Å²) in [6, 6.07) is 21.5. The molecule has 1 heterocycles. The Kier molecular flexibility index (Phi) is 5.69. The Labute approximate surface area is 162 Å². The second-order valence-electron chi connectivity index (χ2n) is 5.87. The molecule has 0 radical (unpaired) electrons. The first-order chi connectivity index (χ1) is 13.6. The quantitative estimate of drug-likeness (QED) is 0.464. The Morgan fingerprint density at radius 1 is 1.07 bits per heavy atom. The Balaban J connectivity index is 1.90. The third-order valence-corrected chi connectivity index (χ3v) is 3.99. The molecule has 3 rings (SSSR count). The van der Waals surface area contributed by atoms with Crippen LogP contribution in [0, 0.1) is 22.7 Å². The highest BCUT2D eigenvalue weighted by Crippen LogP contribution is 2.26. The maximum absolute atomic E-state index is 11.9. The topological polar surface area (TPSA) is 87.0 Å². The highest BCUT2D eigenvalue weighted by molar-refractivity contribution is 5.91. The van der Waals surface area contributed by atoms with Gasteiger partial charge in [0.15, 0.2) is 0 Å². The van der Waals surface area contributed by atoms with Crippen LogP contribution in [0.15, 0.2) is 65.1 Å². The van der Waals surface area contributed by atoms with E-state index >= 15 is 0 Å². The first kappa shape index (κ1) is 18.7. The molecule has 0 saturated heterocycles. The largest absolute Gasteiger partial charge is 0.462 e. The van der Waals surface area contributed by atoms with Crippen LogP contribution in [0.3, 0.4) is 0 Å². The molecule has 5 nitrogen and oxygen atoms in total. The van der Waals surface area contributed by atoms with Gasteiger partial charge >= 0.3 is 5.97 Å². The third-order valence-electron chi connectivity index (χ3n) is 3.99. The van der Waals surface area contributed by atoms with Gasteiger partial charge in [-0.05, 0) is 55.0 Å². The minimum Gasteiger partial charge on any atom is -0.462 e. The molecule has 0 atom stereocenters. The molecule has 0 aliphatic rings. The summed E-state index contributed by atoms with van der Waals surface area (Å²) in [5.41, 5.74) is 2.69. The van der Waals surface area contributed by atoms with Gasteiger partial charge in [-0.15, -0.1) is 0 Å². The van der Waals surface area contributed by atoms with Gasteiger partial charge in [-0.1, -0.05) is 24.3 Å². The lowest BCUT2D eigenvalue weighted by atomic mass is 10.0. The van der Waals surface area contributed by atoms with Crippen molar-refractivity contribution in [2.24, 2.45) is 0 Å². The molecule has 5 heteroatoms. The summed E-state index contributed by atoms with van der Waals surface area (Å²) in [5.74, 6) is 0.677. The second-order valence-corrected chi connectivity index (χ2v) is 5.87. The molecule has 0 unspecified atom stereocenters. The predicted molar refractivity (Wildman–Crippen MR) is 105 cm³/mol. The molecule has 0 aliphatic carbocycles. The average molecular weight is 368 g/mol. The van der Waals surface area contributed by atoms with E-state index in [1.807, 2.05) is 6.07 Å². The third kappa shape index (κ3) is 4.17. The zero-order valence-electron chi connectivity index (χ0n) is 15.2. The SMILES string of the molecule is CCOC(=O)c1cccc(-c2ccc(/C=C(/C#N)c3cccc(C#N)c3)o2)c1. The van der Waals surface area contributed by atoms with Crippen molar-refractivity contribution in [2.75, 3.05) is 6.61 Å². The molecular weight excluding hydrogens is 352 g/mol. The molecule has 0 N–H and O–H groups in total. The van der Waals surface area contributed by atoms with Gasteiger partial charge in [0.1, 0.15) is 11.5 Å². The fraction of sp³-hybridized carbons (Fsp3) is 0.0870. The van der Waals surface area contributed by atoms with Gasteiger partial charge in [-0.3, -0.25) is 0 Å². The van der Waals surface area contributed by atoms with Crippen LogP contribution in [0.2, 0.25) is 0 Å². The lowest BCUT2D eigenvalue weighted by Gasteiger charge is -2.03. The van der Waals surface area contributed by atoms with Crippen LogP contribution < -0.4 is 0 Å². The van der Waals surface area contributed by atoms with Crippen molar-refractivity contribution in [1.82, 2.24) is 0 Å². The number of nitrogens with zero attached hydrogens (tertiary/aromatic N) is 2. The number of hydrogen-bond donors (Lipinski definition) is 0. The minimum atomic E-state index is -0.389. The second kappa shape index (κ2) is 8.53. The number of furan rings is 1. The molecule has 0 spiro atoms. The Hall–Kier alpha value is -4.09. The van der Waals surface area contributed by atoms with Crippen LogP contribution in [0.1, 0.15) is 34.2 Å². The van der Waals surface area contributed by atoms with Gasteiger partial charge in [0.2, 0.25) is 0 Å². The fourth-order valence-electron chi connectivity index (χ4n) is 2.68. The van der Waals surface area contributed by atoms with Gasteiger partial charge in [0, 0.05) is 5.56 Å². The van der Waals surface area contributed by atoms with E-state index in [0.29, 0.717) is 40.4 Å². The van der Waals surface area contributed by atoms with E-state index in [1.54, 1.807) is 67.6 Å². The van der Waals surface area contributed by atoms with Crippen molar-refractivity contribution >= 4 is 17.6 Å². The van der Waals surface area contributed by atoms with Crippen molar-refractivity contribution < 1.29 is 13.9 Å². The minimum absolute atomic E-state index is 0.308. The van der Waals surface area contributed by atoms with Gasteiger partial charge in [0.25, 0.3) is 0 Å². The zero-order valence-corrected chi connectivity index (χ0v) is 15.2. The molecule has 1 aromatic heterocycles. The predicted octanol–water partition coefficient (Wildman–Crippen LogP) is 5.06. The van der Waals surface area contributed by atoms with E-state index in [0.717, 1.165) is 5.56 Å². The summed E-state index contributed by atoms with van der Waals surface area (Å²) in [5, 5.41) is 18.5. The monoisotopic (exact) mass is 368 g/mol. The Bertz CT molecular complexity index is 1130. The number of rotatable bonds is 5. The molecular formula is C23H16N2O3. The van der Waals surface area contributed by atoms with Gasteiger partial charge in [0.05, 0.1) is 35.4 Å². The fourth-order valence-corrected chi connectivity index (χ4v) is 2.68. The summed E-state index contributed by atoms with van der Waals surface area (Å²) in [6.07, 6.45) is 1.62. The summed E-state index contributed by atoms with van der Waals surface area (Å²) in [4.78, 5) is 11.9. The van der Waals surface area contributed by atoms with Crippen LogP contribution >= 0.6 is 0 Å². The van der Waals surface area contributed by atoms with Crippen LogP contribution in [0.5, 0.6) is 0 Å². The molecule has 0 saturated carbocycles. The number of carbonyl (C=O) groups is 1. The van der Waals surface area contributed by atoms with E-state index in [-0.39, 0.29) is 5.97 Å². The van der Waals surface area contributed by atoms with E-state index in [4.69, 9.17) is 14.4 Å².